The summed E-state index contributed by atoms with van der Waals surface area (Å²) in [5, 5.41) is 3.92. The molecule has 2 rings (SSSR count). The van der Waals surface area contributed by atoms with Gasteiger partial charge in [-0.25, -0.2) is 8.78 Å². The average molecular weight is 287 g/mol. The van der Waals surface area contributed by atoms with E-state index in [9.17, 15) is 8.78 Å². The van der Waals surface area contributed by atoms with Crippen molar-refractivity contribution in [2.24, 2.45) is 0 Å². The Morgan fingerprint density at radius 3 is 2.50 bits per heavy atom. The van der Waals surface area contributed by atoms with Gasteiger partial charge in [0.05, 0.1) is 18.3 Å². The molecule has 0 unspecified atom stereocenters. The maximum absolute atomic E-state index is 12.5. The Morgan fingerprint density at radius 2 is 1.94 bits per heavy atom. The zero-order valence-electron chi connectivity index (χ0n) is 8.28. The van der Waals surface area contributed by atoms with E-state index in [-0.39, 0.29) is 5.56 Å². The molecule has 16 heavy (non-hydrogen) atoms. The summed E-state index contributed by atoms with van der Waals surface area (Å²) in [6, 6.07) is 9.57. The summed E-state index contributed by atoms with van der Waals surface area (Å²) in [5.41, 5.74) is 0.947. The van der Waals surface area contributed by atoms with E-state index >= 15 is 0 Å². The summed E-state index contributed by atoms with van der Waals surface area (Å²) in [5.74, 6) is 0. The first-order valence-corrected chi connectivity index (χ1v) is 5.51. The predicted octanol–water partition coefficient (Wildman–Crippen LogP) is 3.63. The van der Waals surface area contributed by atoms with Gasteiger partial charge in [0.15, 0.2) is 0 Å². The van der Waals surface area contributed by atoms with Gasteiger partial charge in [0.25, 0.3) is 6.43 Å². The van der Waals surface area contributed by atoms with Crippen molar-refractivity contribution in [1.82, 2.24) is 9.78 Å². The van der Waals surface area contributed by atoms with Crippen LogP contribution < -0.4 is 0 Å². The second-order valence-corrected chi connectivity index (χ2v) is 4.09. The zero-order valence-corrected chi connectivity index (χ0v) is 9.86. The summed E-state index contributed by atoms with van der Waals surface area (Å²) in [4.78, 5) is 0. The summed E-state index contributed by atoms with van der Waals surface area (Å²) in [6.07, 6.45) is -1.31. The van der Waals surface area contributed by atoms with Crippen molar-refractivity contribution in [1.29, 1.82) is 0 Å². The van der Waals surface area contributed by atoms with E-state index in [1.165, 1.54) is 10.9 Å². The van der Waals surface area contributed by atoms with Crippen LogP contribution in [0.4, 0.5) is 8.78 Å². The quantitative estimate of drug-likeness (QED) is 0.843. The Balaban J connectivity index is 2.23. The molecule has 0 spiro atoms. The van der Waals surface area contributed by atoms with E-state index in [4.69, 9.17) is 0 Å². The van der Waals surface area contributed by atoms with Gasteiger partial charge in [-0.15, -0.1) is 0 Å². The molecule has 0 bridgehead atoms. The fraction of sp³-hybridized carbons (Fsp3) is 0.182. The van der Waals surface area contributed by atoms with Crippen LogP contribution in [0.15, 0.2) is 41.1 Å². The third-order valence-corrected chi connectivity index (χ3v) is 3.08. The van der Waals surface area contributed by atoms with Crippen molar-refractivity contribution < 1.29 is 8.78 Å². The molecule has 0 aliphatic heterocycles. The van der Waals surface area contributed by atoms with Crippen LogP contribution >= 0.6 is 15.9 Å². The van der Waals surface area contributed by atoms with Crippen molar-refractivity contribution in [2.45, 2.75) is 13.0 Å². The highest BCUT2D eigenvalue weighted by Crippen LogP contribution is 2.27. The van der Waals surface area contributed by atoms with Gasteiger partial charge in [0.2, 0.25) is 0 Å². The molecule has 84 valence electrons. The molecular weight excluding hydrogens is 278 g/mol. The molecule has 0 atom stereocenters. The van der Waals surface area contributed by atoms with Crippen molar-refractivity contribution in [3.8, 4) is 0 Å². The van der Waals surface area contributed by atoms with Gasteiger partial charge in [-0.2, -0.15) is 5.10 Å². The van der Waals surface area contributed by atoms with Gasteiger partial charge in [0, 0.05) is 0 Å². The van der Waals surface area contributed by atoms with Crippen LogP contribution in [0.2, 0.25) is 0 Å². The lowest BCUT2D eigenvalue weighted by Crippen LogP contribution is -2.01. The lowest BCUT2D eigenvalue weighted by atomic mass is 10.2. The van der Waals surface area contributed by atoms with Crippen LogP contribution in [0.1, 0.15) is 17.6 Å². The first kappa shape index (κ1) is 11.3. The summed E-state index contributed by atoms with van der Waals surface area (Å²) >= 11 is 3.13. The molecule has 0 aliphatic rings. The topological polar surface area (TPSA) is 17.8 Å². The molecule has 0 radical (unpaired) electrons. The molecule has 0 aliphatic carbocycles. The highest BCUT2D eigenvalue weighted by molar-refractivity contribution is 9.10. The predicted molar refractivity (Wildman–Crippen MR) is 60.4 cm³/mol. The summed E-state index contributed by atoms with van der Waals surface area (Å²) in [7, 11) is 0. The molecule has 2 aromatic rings. The largest absolute Gasteiger partial charge is 0.267 e. The van der Waals surface area contributed by atoms with Gasteiger partial charge >= 0.3 is 0 Å². The maximum atomic E-state index is 12.5. The molecule has 0 saturated carbocycles. The van der Waals surface area contributed by atoms with Crippen LogP contribution in [-0.4, -0.2) is 9.78 Å². The standard InChI is InChI=1S/C11H9BrF2N2/c12-10-9(11(13)14)6-15-16(10)7-8-4-2-1-3-5-8/h1-6,11H,7H2. The molecule has 0 saturated heterocycles. The highest BCUT2D eigenvalue weighted by atomic mass is 79.9. The monoisotopic (exact) mass is 286 g/mol. The molecule has 0 amide bonds. The molecule has 1 aromatic carbocycles. The number of hydrogen-bond acceptors (Lipinski definition) is 1. The lowest BCUT2D eigenvalue weighted by Gasteiger charge is -2.04. The third-order valence-electron chi connectivity index (χ3n) is 2.21. The smallest absolute Gasteiger partial charge is 0.254 e. The van der Waals surface area contributed by atoms with Crippen LogP contribution in [-0.2, 0) is 6.54 Å². The van der Waals surface area contributed by atoms with Gasteiger partial charge in [-0.3, -0.25) is 4.68 Å². The maximum Gasteiger partial charge on any atom is 0.267 e. The second kappa shape index (κ2) is 4.74. The van der Waals surface area contributed by atoms with E-state index in [0.29, 0.717) is 11.1 Å². The number of halogens is 3. The fourth-order valence-electron chi connectivity index (χ4n) is 1.40. The van der Waals surface area contributed by atoms with Gasteiger partial charge in [0.1, 0.15) is 4.60 Å². The summed E-state index contributed by atoms with van der Waals surface area (Å²) < 4.78 is 26.8. The number of hydrogen-bond donors (Lipinski definition) is 0. The zero-order chi connectivity index (χ0) is 11.5. The van der Waals surface area contributed by atoms with Crippen molar-refractivity contribution in [3.63, 3.8) is 0 Å². The van der Waals surface area contributed by atoms with E-state index in [0.717, 1.165) is 5.56 Å². The molecule has 2 nitrogen and oxygen atoms in total. The Morgan fingerprint density at radius 1 is 1.25 bits per heavy atom. The third kappa shape index (κ3) is 2.29. The van der Waals surface area contributed by atoms with Crippen LogP contribution in [0, 0.1) is 0 Å². The first-order valence-electron chi connectivity index (χ1n) is 4.72. The minimum absolute atomic E-state index is 0.0732. The fourth-order valence-corrected chi connectivity index (χ4v) is 1.89. The molecule has 1 heterocycles. The molecule has 1 aromatic heterocycles. The van der Waals surface area contributed by atoms with Crippen LogP contribution in [0.25, 0.3) is 0 Å². The van der Waals surface area contributed by atoms with Gasteiger partial charge < -0.3 is 0 Å². The van der Waals surface area contributed by atoms with Crippen LogP contribution in [0.5, 0.6) is 0 Å². The molecule has 5 heteroatoms. The van der Waals surface area contributed by atoms with Crippen molar-refractivity contribution in [2.75, 3.05) is 0 Å². The number of nitrogens with zero attached hydrogens (tertiary/aromatic N) is 2. The van der Waals surface area contributed by atoms with E-state index in [2.05, 4.69) is 21.0 Å². The van der Waals surface area contributed by atoms with Crippen molar-refractivity contribution >= 4 is 15.9 Å². The average Bonchev–Trinajstić information content (AvgIpc) is 2.62. The highest BCUT2D eigenvalue weighted by Gasteiger charge is 2.16. The Kier molecular flexibility index (Phi) is 3.33. The lowest BCUT2D eigenvalue weighted by molar-refractivity contribution is 0.150. The number of rotatable bonds is 3. The van der Waals surface area contributed by atoms with E-state index in [1.54, 1.807) is 0 Å². The number of aromatic nitrogens is 2. The molecular formula is C11H9BrF2N2. The SMILES string of the molecule is FC(F)c1cnn(Cc2ccccc2)c1Br. The Labute approximate surface area is 100 Å². The number of benzene rings is 1. The van der Waals surface area contributed by atoms with Crippen molar-refractivity contribution in [3.05, 3.63) is 52.3 Å². The second-order valence-electron chi connectivity index (χ2n) is 3.33. The Hall–Kier alpha value is -1.23. The number of alkyl halides is 2. The Bertz CT molecular complexity index is 468. The minimum atomic E-state index is -2.50. The molecule has 0 N–H and O–H groups in total. The van der Waals surface area contributed by atoms with Crippen LogP contribution in [0.3, 0.4) is 0 Å². The normalized spacial score (nSPS) is 11.0. The first-order chi connectivity index (χ1) is 7.68. The molecule has 0 fully saturated rings. The summed E-state index contributed by atoms with van der Waals surface area (Å²) in [6.45, 7) is 0.480. The minimum Gasteiger partial charge on any atom is -0.254 e. The van der Waals surface area contributed by atoms with E-state index < -0.39 is 6.43 Å². The van der Waals surface area contributed by atoms with Gasteiger partial charge in [-0.05, 0) is 21.5 Å². The van der Waals surface area contributed by atoms with E-state index in [1.807, 2.05) is 30.3 Å². The van der Waals surface area contributed by atoms with Gasteiger partial charge in [-0.1, -0.05) is 30.3 Å².